The topological polar surface area (TPSA) is 51.5 Å². The fraction of sp³-hybridized carbons (Fsp3) is 0.375. The first-order valence-corrected chi connectivity index (χ1v) is 3.61. The molecule has 0 aliphatic heterocycles. The third-order valence-corrected chi connectivity index (χ3v) is 1.69. The average Bonchev–Trinajstić information content (AvgIpc) is 2.33. The second-order valence-electron chi connectivity index (χ2n) is 2.61. The number of carbonyl (C=O) groups excluding carboxylic acids is 1. The molecule has 0 radical (unpaired) electrons. The highest BCUT2D eigenvalue weighted by Gasteiger charge is 2.06. The number of hydrogen-bond acceptors (Lipinski definition) is 3. The summed E-state index contributed by atoms with van der Waals surface area (Å²) in [5.41, 5.74) is 0.761. The zero-order valence-corrected chi connectivity index (χ0v) is 7.02. The van der Waals surface area contributed by atoms with E-state index in [9.17, 15) is 9.90 Å². The van der Waals surface area contributed by atoms with E-state index in [1.165, 1.54) is 6.20 Å². The molecule has 1 heterocycles. The third-order valence-electron chi connectivity index (χ3n) is 1.69. The number of aromatic hydroxyl groups is 1. The summed E-state index contributed by atoms with van der Waals surface area (Å²) in [7, 11) is 0. The van der Waals surface area contributed by atoms with Crippen molar-refractivity contribution in [2.45, 2.75) is 20.1 Å². The molecule has 0 amide bonds. The minimum Gasteiger partial charge on any atom is -0.506 e. The smallest absolute Gasteiger partial charge is 0.295 e. The normalized spacial score (nSPS) is 12.5. The van der Waals surface area contributed by atoms with Gasteiger partial charge in [-0.2, -0.15) is 0 Å². The molecule has 0 bridgehead atoms. The van der Waals surface area contributed by atoms with Crippen LogP contribution < -0.4 is 0 Å². The molecule has 0 aliphatic rings. The van der Waals surface area contributed by atoms with Crippen molar-refractivity contribution in [1.29, 1.82) is 0 Å². The summed E-state index contributed by atoms with van der Waals surface area (Å²) >= 11 is 0. The monoisotopic (exact) mass is 169 g/mol. The highest BCUT2D eigenvalue weighted by Crippen LogP contribution is 2.19. The van der Waals surface area contributed by atoms with Crippen molar-refractivity contribution in [3.63, 3.8) is 0 Å². The Bertz CT molecular complexity index is 260. The molecule has 0 aliphatic carbocycles. The van der Waals surface area contributed by atoms with Crippen molar-refractivity contribution >= 4 is 6.47 Å². The van der Waals surface area contributed by atoms with Crippen molar-refractivity contribution in [2.24, 2.45) is 0 Å². The van der Waals surface area contributed by atoms with Gasteiger partial charge in [0.2, 0.25) is 0 Å². The van der Waals surface area contributed by atoms with E-state index >= 15 is 0 Å². The number of hydrogen-bond donors (Lipinski definition) is 1. The van der Waals surface area contributed by atoms with Gasteiger partial charge in [-0.1, -0.05) is 0 Å². The Kier molecular flexibility index (Phi) is 2.38. The molecular weight excluding hydrogens is 158 g/mol. The summed E-state index contributed by atoms with van der Waals surface area (Å²) in [6, 6.07) is 0. The van der Waals surface area contributed by atoms with Crippen LogP contribution in [0.15, 0.2) is 12.4 Å². The lowest BCUT2D eigenvalue weighted by molar-refractivity contribution is -0.136. The maximum absolute atomic E-state index is 9.98. The molecule has 1 aromatic heterocycles. The van der Waals surface area contributed by atoms with Gasteiger partial charge in [-0.05, 0) is 13.8 Å². The van der Waals surface area contributed by atoms with E-state index < -0.39 is 0 Å². The largest absolute Gasteiger partial charge is 0.506 e. The van der Waals surface area contributed by atoms with Gasteiger partial charge in [0, 0.05) is 18.0 Å². The number of carbonyl (C=O) groups is 1. The minimum absolute atomic E-state index is 0.205. The fourth-order valence-corrected chi connectivity index (χ4v) is 0.931. The maximum Gasteiger partial charge on any atom is 0.295 e. The van der Waals surface area contributed by atoms with E-state index in [4.69, 9.17) is 0 Å². The molecule has 0 spiro atoms. The van der Waals surface area contributed by atoms with Crippen LogP contribution in [0.3, 0.4) is 0 Å². The fourth-order valence-electron chi connectivity index (χ4n) is 0.931. The van der Waals surface area contributed by atoms with E-state index in [1.807, 2.05) is 0 Å². The van der Waals surface area contributed by atoms with Crippen molar-refractivity contribution in [2.75, 3.05) is 0 Å². The van der Waals surface area contributed by atoms with E-state index in [0.29, 0.717) is 6.47 Å². The molecule has 4 nitrogen and oxygen atoms in total. The molecule has 0 saturated carbocycles. The predicted molar refractivity (Wildman–Crippen MR) is 42.7 cm³/mol. The highest BCUT2D eigenvalue weighted by molar-refractivity contribution is 5.37. The van der Waals surface area contributed by atoms with E-state index in [2.05, 4.69) is 4.74 Å². The molecule has 1 unspecified atom stereocenters. The van der Waals surface area contributed by atoms with Crippen LogP contribution in [-0.2, 0) is 9.53 Å². The Balaban J connectivity index is 2.80. The van der Waals surface area contributed by atoms with Gasteiger partial charge in [-0.3, -0.25) is 4.79 Å². The highest BCUT2D eigenvalue weighted by atomic mass is 16.5. The Morgan fingerprint density at radius 1 is 1.67 bits per heavy atom. The van der Waals surface area contributed by atoms with Gasteiger partial charge in [0.05, 0.1) is 0 Å². The predicted octanol–water partition coefficient (Wildman–Crippen LogP) is 1.19. The minimum atomic E-state index is -0.373. The molecule has 0 aromatic carbocycles. The van der Waals surface area contributed by atoms with Crippen LogP contribution in [0.4, 0.5) is 0 Å². The molecule has 1 aromatic rings. The Hall–Kier alpha value is -1.45. The molecule has 0 saturated heterocycles. The van der Waals surface area contributed by atoms with Crippen molar-refractivity contribution in [3.8, 4) is 5.75 Å². The summed E-state index contributed by atoms with van der Waals surface area (Å²) in [6.45, 7) is 3.88. The molecule has 12 heavy (non-hydrogen) atoms. The molecule has 1 atom stereocenters. The van der Waals surface area contributed by atoms with Gasteiger partial charge in [-0.15, -0.1) is 0 Å². The SMILES string of the molecule is Cc1cn(C(C)OC=O)cc1O. The van der Waals surface area contributed by atoms with Crippen LogP contribution in [-0.4, -0.2) is 16.1 Å². The van der Waals surface area contributed by atoms with Crippen molar-refractivity contribution in [3.05, 3.63) is 18.0 Å². The number of nitrogens with zero attached hydrogens (tertiary/aromatic N) is 1. The second-order valence-corrected chi connectivity index (χ2v) is 2.61. The zero-order chi connectivity index (χ0) is 9.14. The van der Waals surface area contributed by atoms with Gasteiger partial charge in [-0.25, -0.2) is 0 Å². The second kappa shape index (κ2) is 3.30. The molecule has 4 heteroatoms. The van der Waals surface area contributed by atoms with Gasteiger partial charge < -0.3 is 14.4 Å². The zero-order valence-electron chi connectivity index (χ0n) is 7.02. The molecule has 0 fully saturated rings. The summed E-state index contributed by atoms with van der Waals surface area (Å²) in [6.07, 6.45) is 2.86. The third kappa shape index (κ3) is 1.58. The van der Waals surface area contributed by atoms with Crippen molar-refractivity contribution in [1.82, 2.24) is 4.57 Å². The number of ether oxygens (including phenoxy) is 1. The lowest BCUT2D eigenvalue weighted by atomic mass is 10.4. The molecule has 1 N–H and O–H groups in total. The first kappa shape index (κ1) is 8.64. The Labute approximate surface area is 70.4 Å². The Morgan fingerprint density at radius 2 is 2.33 bits per heavy atom. The molecule has 66 valence electrons. The summed E-state index contributed by atoms with van der Waals surface area (Å²) < 4.78 is 6.29. The standard InChI is InChI=1S/C8H11NO3/c1-6-3-9(4-8(6)11)7(2)12-5-10/h3-5,7,11H,1-2H3. The van der Waals surface area contributed by atoms with E-state index in [0.717, 1.165) is 5.56 Å². The van der Waals surface area contributed by atoms with Gasteiger partial charge in [0.15, 0.2) is 6.23 Å². The summed E-state index contributed by atoms with van der Waals surface area (Å²) in [4.78, 5) is 9.98. The molecule has 1 rings (SSSR count). The van der Waals surface area contributed by atoms with Crippen LogP contribution in [0, 0.1) is 6.92 Å². The van der Waals surface area contributed by atoms with Gasteiger partial charge in [0.1, 0.15) is 5.75 Å². The van der Waals surface area contributed by atoms with Crippen LogP contribution in [0.1, 0.15) is 18.7 Å². The lowest BCUT2D eigenvalue weighted by Gasteiger charge is -2.09. The summed E-state index contributed by atoms with van der Waals surface area (Å²) in [5.74, 6) is 0.205. The van der Waals surface area contributed by atoms with Crippen LogP contribution >= 0.6 is 0 Å². The van der Waals surface area contributed by atoms with Crippen LogP contribution in [0.2, 0.25) is 0 Å². The van der Waals surface area contributed by atoms with Crippen LogP contribution in [0.25, 0.3) is 0 Å². The van der Waals surface area contributed by atoms with Gasteiger partial charge >= 0.3 is 0 Å². The maximum atomic E-state index is 9.98. The first-order valence-electron chi connectivity index (χ1n) is 3.61. The number of aromatic nitrogens is 1. The van der Waals surface area contributed by atoms with Crippen LogP contribution in [0.5, 0.6) is 5.75 Å². The molecular formula is C8H11NO3. The first-order chi connectivity index (χ1) is 5.65. The Morgan fingerprint density at radius 3 is 2.75 bits per heavy atom. The quantitative estimate of drug-likeness (QED) is 0.691. The summed E-state index contributed by atoms with van der Waals surface area (Å²) in [5, 5.41) is 9.19. The van der Waals surface area contributed by atoms with E-state index in [1.54, 1.807) is 24.6 Å². The number of rotatable bonds is 3. The van der Waals surface area contributed by atoms with Gasteiger partial charge in [0.25, 0.3) is 6.47 Å². The average molecular weight is 169 g/mol. The van der Waals surface area contributed by atoms with Crippen molar-refractivity contribution < 1.29 is 14.6 Å². The van der Waals surface area contributed by atoms with E-state index in [-0.39, 0.29) is 12.0 Å². The number of aryl methyl sites for hydroxylation is 1. The lowest BCUT2D eigenvalue weighted by Crippen LogP contribution is -2.05.